The van der Waals surface area contributed by atoms with Crippen molar-refractivity contribution in [2.24, 2.45) is 11.7 Å². The molecule has 2 N–H and O–H groups in total. The molecule has 0 atom stereocenters. The number of rotatable bonds is 6. The molecule has 1 saturated heterocycles. The standard InChI is InChI=1S/C13H27N3/c1-15(11-12-9-13(14)10-12)5-4-8-16-6-2-3-7-16/h12-13H,2-11,14H2,1H3. The fourth-order valence-electron chi connectivity index (χ4n) is 3.04. The van der Waals surface area contributed by atoms with Gasteiger partial charge in [-0.05, 0) is 71.2 Å². The normalized spacial score (nSPS) is 30.9. The van der Waals surface area contributed by atoms with Crippen molar-refractivity contribution in [2.45, 2.75) is 38.1 Å². The van der Waals surface area contributed by atoms with E-state index in [1.54, 1.807) is 0 Å². The highest BCUT2D eigenvalue weighted by Gasteiger charge is 2.26. The molecule has 0 amide bonds. The number of nitrogens with two attached hydrogens (primary N) is 1. The molecule has 1 saturated carbocycles. The van der Waals surface area contributed by atoms with E-state index in [9.17, 15) is 0 Å². The summed E-state index contributed by atoms with van der Waals surface area (Å²) >= 11 is 0. The smallest absolute Gasteiger partial charge is 0.00450 e. The highest BCUT2D eigenvalue weighted by atomic mass is 15.1. The summed E-state index contributed by atoms with van der Waals surface area (Å²) in [5, 5.41) is 0. The zero-order valence-electron chi connectivity index (χ0n) is 10.7. The van der Waals surface area contributed by atoms with Gasteiger partial charge in [0.15, 0.2) is 0 Å². The predicted molar refractivity (Wildman–Crippen MR) is 68.5 cm³/mol. The van der Waals surface area contributed by atoms with Crippen LogP contribution in [0.2, 0.25) is 0 Å². The van der Waals surface area contributed by atoms with Crippen molar-refractivity contribution in [3.05, 3.63) is 0 Å². The van der Waals surface area contributed by atoms with E-state index in [4.69, 9.17) is 5.73 Å². The lowest BCUT2D eigenvalue weighted by Crippen LogP contribution is -2.42. The summed E-state index contributed by atoms with van der Waals surface area (Å²) in [6, 6.07) is 0.503. The lowest BCUT2D eigenvalue weighted by molar-refractivity contribution is 0.176. The number of nitrogens with zero attached hydrogens (tertiary/aromatic N) is 2. The molecule has 1 aliphatic heterocycles. The van der Waals surface area contributed by atoms with Gasteiger partial charge in [0, 0.05) is 12.6 Å². The molecule has 2 rings (SSSR count). The Bertz CT molecular complexity index is 195. The zero-order chi connectivity index (χ0) is 11.4. The molecule has 0 bridgehead atoms. The summed E-state index contributed by atoms with van der Waals surface area (Å²) in [6.45, 7) is 6.48. The van der Waals surface area contributed by atoms with Crippen LogP contribution in [0.5, 0.6) is 0 Å². The summed E-state index contributed by atoms with van der Waals surface area (Å²) in [7, 11) is 2.26. The fraction of sp³-hybridized carbons (Fsp3) is 1.00. The largest absolute Gasteiger partial charge is 0.328 e. The molecule has 1 aliphatic carbocycles. The summed E-state index contributed by atoms with van der Waals surface area (Å²) in [6.07, 6.45) is 6.65. The molecule has 1 heterocycles. The molecule has 3 nitrogen and oxygen atoms in total. The van der Waals surface area contributed by atoms with E-state index in [1.807, 2.05) is 0 Å². The van der Waals surface area contributed by atoms with Crippen LogP contribution in [0.15, 0.2) is 0 Å². The van der Waals surface area contributed by atoms with Gasteiger partial charge >= 0.3 is 0 Å². The molecule has 2 aliphatic rings. The first-order chi connectivity index (χ1) is 7.74. The second-order valence-electron chi connectivity index (χ2n) is 5.76. The first kappa shape index (κ1) is 12.3. The summed E-state index contributed by atoms with van der Waals surface area (Å²) in [5.74, 6) is 0.881. The zero-order valence-corrected chi connectivity index (χ0v) is 10.7. The monoisotopic (exact) mass is 225 g/mol. The minimum Gasteiger partial charge on any atom is -0.328 e. The third-order valence-corrected chi connectivity index (χ3v) is 4.05. The van der Waals surface area contributed by atoms with E-state index >= 15 is 0 Å². The Labute approximate surface area is 100.0 Å². The molecule has 0 spiro atoms. The average Bonchev–Trinajstić information content (AvgIpc) is 2.68. The molecular formula is C13H27N3. The third-order valence-electron chi connectivity index (χ3n) is 4.05. The molecule has 94 valence electrons. The van der Waals surface area contributed by atoms with Crippen molar-refractivity contribution >= 4 is 0 Å². The van der Waals surface area contributed by atoms with Gasteiger partial charge in [-0.1, -0.05) is 0 Å². The highest BCUT2D eigenvalue weighted by molar-refractivity contribution is 4.83. The van der Waals surface area contributed by atoms with E-state index in [0.29, 0.717) is 6.04 Å². The Balaban J connectivity index is 1.48. The van der Waals surface area contributed by atoms with E-state index in [0.717, 1.165) is 5.92 Å². The van der Waals surface area contributed by atoms with Gasteiger partial charge in [0.1, 0.15) is 0 Å². The molecule has 16 heavy (non-hydrogen) atoms. The van der Waals surface area contributed by atoms with Crippen molar-refractivity contribution in [1.29, 1.82) is 0 Å². The van der Waals surface area contributed by atoms with Crippen LogP contribution in [-0.4, -0.2) is 55.6 Å². The van der Waals surface area contributed by atoms with Gasteiger partial charge in [-0.15, -0.1) is 0 Å². The summed E-state index contributed by atoms with van der Waals surface area (Å²) < 4.78 is 0. The van der Waals surface area contributed by atoms with Crippen LogP contribution < -0.4 is 5.73 Å². The number of likely N-dealkylation sites (tertiary alicyclic amines) is 1. The van der Waals surface area contributed by atoms with Crippen LogP contribution in [0.25, 0.3) is 0 Å². The Morgan fingerprint density at radius 3 is 2.56 bits per heavy atom. The minimum atomic E-state index is 0.503. The molecule has 0 aromatic carbocycles. The number of hydrogen-bond donors (Lipinski definition) is 1. The van der Waals surface area contributed by atoms with E-state index in [-0.39, 0.29) is 0 Å². The summed E-state index contributed by atoms with van der Waals surface area (Å²) in [4.78, 5) is 5.10. The quantitative estimate of drug-likeness (QED) is 0.736. The van der Waals surface area contributed by atoms with Gasteiger partial charge in [0.25, 0.3) is 0 Å². The van der Waals surface area contributed by atoms with Gasteiger partial charge in [0.2, 0.25) is 0 Å². The fourth-order valence-corrected chi connectivity index (χ4v) is 3.04. The van der Waals surface area contributed by atoms with Gasteiger partial charge in [-0.3, -0.25) is 0 Å². The van der Waals surface area contributed by atoms with Crippen LogP contribution in [-0.2, 0) is 0 Å². The second kappa shape index (κ2) is 5.99. The second-order valence-corrected chi connectivity index (χ2v) is 5.76. The van der Waals surface area contributed by atoms with Crippen molar-refractivity contribution in [3.8, 4) is 0 Å². The lowest BCUT2D eigenvalue weighted by Gasteiger charge is -2.35. The Hall–Kier alpha value is -0.120. The van der Waals surface area contributed by atoms with Gasteiger partial charge in [-0.25, -0.2) is 0 Å². The van der Waals surface area contributed by atoms with Gasteiger partial charge < -0.3 is 15.5 Å². The molecule has 3 heteroatoms. The Kier molecular flexibility index (Phi) is 4.62. The molecular weight excluding hydrogens is 198 g/mol. The average molecular weight is 225 g/mol. The topological polar surface area (TPSA) is 32.5 Å². The maximum Gasteiger partial charge on any atom is 0.00450 e. The number of hydrogen-bond acceptors (Lipinski definition) is 3. The van der Waals surface area contributed by atoms with Gasteiger partial charge in [-0.2, -0.15) is 0 Å². The van der Waals surface area contributed by atoms with Crippen LogP contribution in [0.1, 0.15) is 32.1 Å². The van der Waals surface area contributed by atoms with Crippen molar-refractivity contribution in [3.63, 3.8) is 0 Å². The minimum absolute atomic E-state index is 0.503. The van der Waals surface area contributed by atoms with Crippen molar-refractivity contribution in [2.75, 3.05) is 39.8 Å². The SMILES string of the molecule is CN(CCCN1CCCC1)CC1CC(N)C1. The molecule has 0 aromatic rings. The first-order valence-corrected chi connectivity index (χ1v) is 6.90. The Morgan fingerprint density at radius 1 is 1.25 bits per heavy atom. The maximum atomic E-state index is 5.80. The van der Waals surface area contributed by atoms with Crippen molar-refractivity contribution < 1.29 is 0 Å². The van der Waals surface area contributed by atoms with Crippen LogP contribution in [0.3, 0.4) is 0 Å². The van der Waals surface area contributed by atoms with Crippen LogP contribution in [0, 0.1) is 5.92 Å². The first-order valence-electron chi connectivity index (χ1n) is 6.90. The van der Waals surface area contributed by atoms with Gasteiger partial charge in [0.05, 0.1) is 0 Å². The molecule has 2 fully saturated rings. The van der Waals surface area contributed by atoms with Crippen LogP contribution in [0.4, 0.5) is 0 Å². The molecule has 0 aromatic heterocycles. The third kappa shape index (κ3) is 3.72. The van der Waals surface area contributed by atoms with E-state index in [2.05, 4.69) is 16.8 Å². The summed E-state index contributed by atoms with van der Waals surface area (Å²) in [5.41, 5.74) is 5.80. The molecule has 0 unspecified atom stereocenters. The molecule has 0 radical (unpaired) electrons. The predicted octanol–water partition coefficient (Wildman–Crippen LogP) is 1.14. The van der Waals surface area contributed by atoms with Crippen LogP contribution >= 0.6 is 0 Å². The van der Waals surface area contributed by atoms with E-state index < -0.39 is 0 Å². The maximum absolute atomic E-state index is 5.80. The lowest BCUT2D eigenvalue weighted by atomic mass is 9.80. The van der Waals surface area contributed by atoms with E-state index in [1.165, 1.54) is 64.8 Å². The van der Waals surface area contributed by atoms with Crippen molar-refractivity contribution in [1.82, 2.24) is 9.80 Å². The highest BCUT2D eigenvalue weighted by Crippen LogP contribution is 2.25. The Morgan fingerprint density at radius 2 is 1.94 bits per heavy atom.